The number of aliphatic hydroxyl groups excluding tert-OH is 1. The SMILES string of the molecule is CCCCCCCCCCCC(=O)O[C@H](CCCCCCCCCCC)CC(=O)N[C@H](COCC(C(=O)O)C(=O)O)C(=O)NCCC[C@H](COC(=O)CCCCC=O)NC(=O)C[C@H](O)CCCCCCCCCCC. The maximum atomic E-state index is 13.7. The van der Waals surface area contributed by atoms with Gasteiger partial charge >= 0.3 is 23.9 Å². The number of nitrogens with one attached hydrogen (secondary N) is 3. The summed E-state index contributed by atoms with van der Waals surface area (Å²) in [5.74, 6) is -7.78. The van der Waals surface area contributed by atoms with Crippen LogP contribution in [0.1, 0.15) is 265 Å². The van der Waals surface area contributed by atoms with Crippen LogP contribution in [0.2, 0.25) is 0 Å². The topological polar surface area (TPSA) is 261 Å². The molecule has 436 valence electrons. The standard InChI is InChI=1S/C58H105N3O14/c1-4-7-10-13-16-19-22-25-29-36-48(63)42-52(64)60-47(44-74-54(66)38-32-28-33-41-62)35-34-40-59-56(68)51(46-73-45-50(57(69)70)58(71)72)61-53(65)43-49(37-30-26-23-20-17-14-11-8-5-2)75-55(67)39-31-27-24-21-18-15-12-9-6-3/h41,47-51,63H,4-40,42-46H2,1-3H3,(H,59,68)(H,60,64)(H,61,65)(H,69,70)(H,71,72)/t47-,48-,49-,51-/m1/s1. The molecule has 0 unspecified atom stereocenters. The van der Waals surface area contributed by atoms with Crippen molar-refractivity contribution in [2.45, 2.75) is 289 Å². The fourth-order valence-corrected chi connectivity index (χ4v) is 8.84. The lowest BCUT2D eigenvalue weighted by Gasteiger charge is -2.22. The smallest absolute Gasteiger partial charge is 0.320 e. The van der Waals surface area contributed by atoms with E-state index in [1.807, 2.05) is 0 Å². The Morgan fingerprint density at radius 2 is 0.960 bits per heavy atom. The molecule has 0 heterocycles. The van der Waals surface area contributed by atoms with Gasteiger partial charge in [0.05, 0.1) is 38.2 Å². The predicted octanol–water partition coefficient (Wildman–Crippen LogP) is 10.8. The number of aliphatic carboxylic acids is 2. The van der Waals surface area contributed by atoms with E-state index in [2.05, 4.69) is 36.7 Å². The van der Waals surface area contributed by atoms with Crippen molar-refractivity contribution in [3.05, 3.63) is 0 Å². The summed E-state index contributed by atoms with van der Waals surface area (Å²) in [7, 11) is 0. The summed E-state index contributed by atoms with van der Waals surface area (Å²) in [6, 6.07) is -2.04. The van der Waals surface area contributed by atoms with Gasteiger partial charge in [-0.15, -0.1) is 0 Å². The molecule has 0 radical (unpaired) electrons. The molecular formula is C58H105N3O14. The van der Waals surface area contributed by atoms with Crippen LogP contribution in [0.5, 0.6) is 0 Å². The third-order valence-electron chi connectivity index (χ3n) is 13.5. The summed E-state index contributed by atoms with van der Waals surface area (Å²) in [5, 5.41) is 37.7. The van der Waals surface area contributed by atoms with Crippen LogP contribution >= 0.6 is 0 Å². The number of esters is 2. The fraction of sp³-hybridized carbons (Fsp3) is 0.862. The van der Waals surface area contributed by atoms with Crippen LogP contribution in [-0.2, 0) is 52.6 Å². The highest BCUT2D eigenvalue weighted by molar-refractivity contribution is 5.93. The number of hydrogen-bond donors (Lipinski definition) is 6. The number of rotatable bonds is 55. The van der Waals surface area contributed by atoms with Gasteiger partial charge in [-0.2, -0.15) is 0 Å². The van der Waals surface area contributed by atoms with Gasteiger partial charge < -0.3 is 50.3 Å². The number of hydrogen-bond acceptors (Lipinski definition) is 12. The number of ether oxygens (including phenoxy) is 3. The van der Waals surface area contributed by atoms with E-state index < -0.39 is 79.1 Å². The number of carbonyl (C=O) groups excluding carboxylic acids is 6. The molecule has 0 saturated heterocycles. The molecule has 0 saturated carbocycles. The molecule has 4 atom stereocenters. The highest BCUT2D eigenvalue weighted by Crippen LogP contribution is 2.18. The molecule has 0 aliphatic carbocycles. The Hall–Kier alpha value is -4.12. The largest absolute Gasteiger partial charge is 0.481 e. The highest BCUT2D eigenvalue weighted by Gasteiger charge is 2.29. The van der Waals surface area contributed by atoms with Crippen LogP contribution in [-0.4, -0.2) is 114 Å². The number of carbonyl (C=O) groups is 8. The van der Waals surface area contributed by atoms with Gasteiger partial charge in [-0.3, -0.25) is 33.6 Å². The van der Waals surface area contributed by atoms with Crippen molar-refractivity contribution < 1.29 is 67.9 Å². The summed E-state index contributed by atoms with van der Waals surface area (Å²) in [6.07, 6.45) is 31.7. The lowest BCUT2D eigenvalue weighted by atomic mass is 10.0. The van der Waals surface area contributed by atoms with Gasteiger partial charge in [0.15, 0.2) is 5.92 Å². The zero-order chi connectivity index (χ0) is 55.6. The number of amides is 3. The third-order valence-corrected chi connectivity index (χ3v) is 13.5. The zero-order valence-corrected chi connectivity index (χ0v) is 47.0. The Balaban J connectivity index is 5.77. The first kappa shape index (κ1) is 70.9. The van der Waals surface area contributed by atoms with Crippen molar-refractivity contribution in [1.82, 2.24) is 16.0 Å². The first-order chi connectivity index (χ1) is 36.3. The molecule has 6 N–H and O–H groups in total. The van der Waals surface area contributed by atoms with Crippen LogP contribution in [0, 0.1) is 5.92 Å². The molecule has 17 heteroatoms. The van der Waals surface area contributed by atoms with Gasteiger partial charge in [-0.1, -0.05) is 181 Å². The lowest BCUT2D eigenvalue weighted by Crippen LogP contribution is -2.50. The molecule has 0 rings (SSSR count). The van der Waals surface area contributed by atoms with E-state index in [4.69, 9.17) is 14.2 Å². The molecule has 0 aromatic carbocycles. The normalized spacial score (nSPS) is 12.9. The highest BCUT2D eigenvalue weighted by atomic mass is 16.5. The summed E-state index contributed by atoms with van der Waals surface area (Å²) in [4.78, 5) is 99.9. The zero-order valence-electron chi connectivity index (χ0n) is 47.0. The van der Waals surface area contributed by atoms with Gasteiger partial charge in [0.2, 0.25) is 17.7 Å². The number of carboxylic acids is 2. The number of carboxylic acid groups (broad SMARTS) is 2. The molecular weight excluding hydrogens is 963 g/mol. The van der Waals surface area contributed by atoms with Crippen LogP contribution < -0.4 is 16.0 Å². The van der Waals surface area contributed by atoms with Crippen LogP contribution in [0.15, 0.2) is 0 Å². The monoisotopic (exact) mass is 1070 g/mol. The van der Waals surface area contributed by atoms with E-state index in [1.54, 1.807) is 0 Å². The molecule has 0 aromatic rings. The van der Waals surface area contributed by atoms with Crippen LogP contribution in [0.3, 0.4) is 0 Å². The Kier molecular flexibility index (Phi) is 47.9. The maximum Gasteiger partial charge on any atom is 0.320 e. The van der Waals surface area contributed by atoms with Crippen molar-refractivity contribution >= 4 is 47.9 Å². The van der Waals surface area contributed by atoms with E-state index >= 15 is 0 Å². The molecule has 0 spiro atoms. The van der Waals surface area contributed by atoms with Gasteiger partial charge in [-0.25, -0.2) is 0 Å². The molecule has 0 fully saturated rings. The average molecular weight is 1070 g/mol. The Bertz CT molecular complexity index is 1480. The molecule has 0 aromatic heterocycles. The predicted molar refractivity (Wildman–Crippen MR) is 292 cm³/mol. The Labute approximate surface area is 451 Å². The minimum Gasteiger partial charge on any atom is -0.481 e. The number of aldehydes is 1. The van der Waals surface area contributed by atoms with E-state index in [0.29, 0.717) is 38.5 Å². The van der Waals surface area contributed by atoms with Crippen molar-refractivity contribution in [3.63, 3.8) is 0 Å². The molecule has 0 aliphatic rings. The lowest BCUT2D eigenvalue weighted by molar-refractivity contribution is -0.158. The summed E-state index contributed by atoms with van der Waals surface area (Å²) in [5.41, 5.74) is 0. The third kappa shape index (κ3) is 44.7. The molecule has 3 amide bonds. The van der Waals surface area contributed by atoms with E-state index in [0.717, 1.165) is 83.3 Å². The van der Waals surface area contributed by atoms with Crippen LogP contribution in [0.25, 0.3) is 0 Å². The van der Waals surface area contributed by atoms with Crippen LogP contribution in [0.4, 0.5) is 0 Å². The second kappa shape index (κ2) is 50.7. The number of aliphatic hydroxyl groups is 1. The second-order valence-electron chi connectivity index (χ2n) is 20.7. The maximum absolute atomic E-state index is 13.7. The van der Waals surface area contributed by atoms with Gasteiger partial charge in [0.25, 0.3) is 0 Å². The fourth-order valence-electron chi connectivity index (χ4n) is 8.84. The average Bonchev–Trinajstić information content (AvgIpc) is 3.36. The van der Waals surface area contributed by atoms with E-state index in [9.17, 15) is 53.7 Å². The summed E-state index contributed by atoms with van der Waals surface area (Å²) >= 11 is 0. The minimum absolute atomic E-state index is 0.0308. The first-order valence-corrected chi connectivity index (χ1v) is 29.6. The Morgan fingerprint density at radius 1 is 0.493 bits per heavy atom. The van der Waals surface area contributed by atoms with Gasteiger partial charge in [0.1, 0.15) is 25.0 Å². The summed E-state index contributed by atoms with van der Waals surface area (Å²) < 4.78 is 16.8. The Morgan fingerprint density at radius 3 is 1.48 bits per heavy atom. The molecule has 17 nitrogen and oxygen atoms in total. The summed E-state index contributed by atoms with van der Waals surface area (Å²) in [6.45, 7) is 5.12. The minimum atomic E-state index is -1.91. The van der Waals surface area contributed by atoms with Crippen molar-refractivity contribution in [3.8, 4) is 0 Å². The van der Waals surface area contributed by atoms with E-state index in [-0.39, 0.29) is 57.6 Å². The quantitative estimate of drug-likeness (QED) is 0.0143. The molecule has 0 bridgehead atoms. The first-order valence-electron chi connectivity index (χ1n) is 29.6. The van der Waals surface area contributed by atoms with Gasteiger partial charge in [0, 0.05) is 25.8 Å². The van der Waals surface area contributed by atoms with E-state index in [1.165, 1.54) is 89.9 Å². The molecule has 0 aliphatic heterocycles. The number of unbranched alkanes of at least 4 members (excludes halogenated alkanes) is 26. The van der Waals surface area contributed by atoms with Crippen molar-refractivity contribution in [2.75, 3.05) is 26.4 Å². The molecule has 75 heavy (non-hydrogen) atoms. The second-order valence-corrected chi connectivity index (χ2v) is 20.7. The van der Waals surface area contributed by atoms with Gasteiger partial charge in [-0.05, 0) is 51.4 Å². The van der Waals surface area contributed by atoms with Crippen molar-refractivity contribution in [2.24, 2.45) is 5.92 Å². The van der Waals surface area contributed by atoms with Crippen molar-refractivity contribution in [1.29, 1.82) is 0 Å².